The Morgan fingerprint density at radius 2 is 2.06 bits per heavy atom. The van der Waals surface area contributed by atoms with E-state index < -0.39 is 5.41 Å². The summed E-state index contributed by atoms with van der Waals surface area (Å²) in [6.07, 6.45) is 2.80. The molecule has 0 amide bonds. The van der Waals surface area contributed by atoms with Crippen LogP contribution >= 0.6 is 11.6 Å². The molecule has 0 heterocycles. The summed E-state index contributed by atoms with van der Waals surface area (Å²) in [5.74, 6) is -0.487. The number of ether oxygens (including phenoxy) is 2. The van der Waals surface area contributed by atoms with Crippen molar-refractivity contribution >= 4 is 17.6 Å². The fourth-order valence-corrected chi connectivity index (χ4v) is 4.43. The van der Waals surface area contributed by atoms with Crippen molar-refractivity contribution in [1.82, 2.24) is 5.32 Å². The minimum absolute atomic E-state index is 0.0811. The maximum atomic E-state index is 14.1. The van der Waals surface area contributed by atoms with E-state index in [-0.39, 0.29) is 23.9 Å². The van der Waals surface area contributed by atoms with Gasteiger partial charge in [-0.1, -0.05) is 35.9 Å². The Hall–Kier alpha value is -1.99. The van der Waals surface area contributed by atoms with Crippen molar-refractivity contribution in [2.75, 3.05) is 26.9 Å². The first-order valence-electron chi connectivity index (χ1n) is 11.1. The Morgan fingerprint density at radius 1 is 1.31 bits per heavy atom. The molecule has 3 atom stereocenters. The average molecular weight is 463 g/mol. The third kappa shape index (κ3) is 6.07. The van der Waals surface area contributed by atoms with Crippen LogP contribution in [0.5, 0.6) is 0 Å². The summed E-state index contributed by atoms with van der Waals surface area (Å²) < 4.78 is 24.6. The summed E-state index contributed by atoms with van der Waals surface area (Å²) in [7, 11) is 1.68. The highest BCUT2D eigenvalue weighted by molar-refractivity contribution is 6.30. The van der Waals surface area contributed by atoms with Crippen LogP contribution in [0.15, 0.2) is 42.5 Å². The number of halogens is 2. The third-order valence-electron chi connectivity index (χ3n) is 5.99. The highest BCUT2D eigenvalue weighted by Gasteiger charge is 2.61. The highest BCUT2D eigenvalue weighted by atomic mass is 35.5. The Morgan fingerprint density at radius 3 is 2.75 bits per heavy atom. The van der Waals surface area contributed by atoms with Gasteiger partial charge in [-0.25, -0.2) is 4.39 Å². The van der Waals surface area contributed by atoms with E-state index in [1.807, 2.05) is 31.2 Å². The van der Waals surface area contributed by atoms with E-state index in [0.29, 0.717) is 36.6 Å². The summed E-state index contributed by atoms with van der Waals surface area (Å²) in [5.41, 5.74) is 8.16. The van der Waals surface area contributed by atoms with Gasteiger partial charge >= 0.3 is 5.97 Å². The van der Waals surface area contributed by atoms with Crippen molar-refractivity contribution in [1.29, 1.82) is 0 Å². The van der Waals surface area contributed by atoms with Crippen LogP contribution in [0, 0.1) is 11.2 Å². The molecule has 32 heavy (non-hydrogen) atoms. The van der Waals surface area contributed by atoms with E-state index in [1.165, 1.54) is 12.1 Å². The first-order chi connectivity index (χ1) is 15.4. The normalized spacial score (nSPS) is 20.7. The molecule has 0 radical (unpaired) electrons. The monoisotopic (exact) mass is 462 g/mol. The second kappa shape index (κ2) is 11.2. The highest BCUT2D eigenvalue weighted by Crippen LogP contribution is 2.51. The zero-order chi connectivity index (χ0) is 23.1. The number of rotatable bonds is 12. The quantitative estimate of drug-likeness (QED) is 0.362. The Labute approximate surface area is 194 Å². The molecular formula is C25H32ClFN2O3. The Balaban J connectivity index is 1.62. The van der Waals surface area contributed by atoms with Crippen molar-refractivity contribution in [3.63, 3.8) is 0 Å². The predicted octanol–water partition coefficient (Wildman–Crippen LogP) is 4.35. The van der Waals surface area contributed by atoms with Crippen LogP contribution in [0.3, 0.4) is 0 Å². The lowest BCUT2D eigenvalue weighted by molar-refractivity contribution is -0.150. The topological polar surface area (TPSA) is 73.6 Å². The maximum absolute atomic E-state index is 14.1. The van der Waals surface area contributed by atoms with Crippen LogP contribution in [-0.2, 0) is 20.7 Å². The van der Waals surface area contributed by atoms with Crippen LogP contribution in [0.2, 0.25) is 5.02 Å². The number of carbonyl (C=O) groups excluding carboxylic acids is 1. The molecule has 2 aromatic carbocycles. The number of nitrogens with one attached hydrogen (secondary N) is 1. The summed E-state index contributed by atoms with van der Waals surface area (Å²) in [4.78, 5) is 12.7. The lowest BCUT2D eigenvalue weighted by Crippen LogP contribution is -2.37. The molecule has 1 aliphatic rings. The molecule has 3 rings (SSSR count). The molecule has 1 aliphatic carbocycles. The van der Waals surface area contributed by atoms with Gasteiger partial charge in [0.05, 0.1) is 12.0 Å². The largest absolute Gasteiger partial charge is 0.466 e. The first-order valence-corrected chi connectivity index (χ1v) is 11.5. The molecule has 0 aliphatic heterocycles. The van der Waals surface area contributed by atoms with E-state index >= 15 is 0 Å². The van der Waals surface area contributed by atoms with Crippen molar-refractivity contribution in [2.24, 2.45) is 11.1 Å². The van der Waals surface area contributed by atoms with Crippen LogP contribution in [0.25, 0.3) is 11.1 Å². The number of carbonyl (C=O) groups is 1. The standard InChI is InChI=1S/C25H32ClFN2O3/c1-3-32-24(30)25(16-23(25)29-11-4-12-31-2)15-20(28)13-17-5-7-18(8-6-17)21-14-19(26)9-10-22(21)27/h5-10,14,20,23,29H,3-4,11-13,15-16,28H2,1-2H3/t20-,23?,25?/m1/s1. The molecular weight excluding hydrogens is 431 g/mol. The minimum atomic E-state index is -0.563. The van der Waals surface area contributed by atoms with Gasteiger partial charge < -0.3 is 20.5 Å². The molecule has 0 spiro atoms. The second-order valence-corrected chi connectivity index (χ2v) is 8.86. The van der Waals surface area contributed by atoms with Gasteiger partial charge in [0.25, 0.3) is 0 Å². The Kier molecular flexibility index (Phi) is 8.65. The molecule has 0 bridgehead atoms. The van der Waals surface area contributed by atoms with E-state index in [4.69, 9.17) is 26.8 Å². The average Bonchev–Trinajstić information content (AvgIpc) is 3.47. The number of nitrogens with two attached hydrogens (primary N) is 1. The number of methoxy groups -OCH3 is 1. The van der Waals surface area contributed by atoms with Gasteiger partial charge in [-0.2, -0.15) is 0 Å². The van der Waals surface area contributed by atoms with Gasteiger partial charge in [0.15, 0.2) is 0 Å². The minimum Gasteiger partial charge on any atom is -0.466 e. The van der Waals surface area contributed by atoms with Crippen LogP contribution in [-0.4, -0.2) is 44.9 Å². The number of hydrogen-bond acceptors (Lipinski definition) is 5. The number of hydrogen-bond donors (Lipinski definition) is 2. The number of esters is 1. The van der Waals surface area contributed by atoms with Gasteiger partial charge in [-0.05, 0) is 68.5 Å². The van der Waals surface area contributed by atoms with E-state index in [1.54, 1.807) is 13.2 Å². The van der Waals surface area contributed by atoms with Crippen LogP contribution in [0.1, 0.15) is 31.7 Å². The zero-order valence-electron chi connectivity index (χ0n) is 18.7. The van der Waals surface area contributed by atoms with Crippen molar-refractivity contribution in [3.8, 4) is 11.1 Å². The van der Waals surface area contributed by atoms with Gasteiger partial charge in [0, 0.05) is 36.4 Å². The van der Waals surface area contributed by atoms with Crippen molar-refractivity contribution in [2.45, 2.75) is 44.7 Å². The summed E-state index contributed by atoms with van der Waals surface area (Å²) >= 11 is 6.01. The molecule has 2 aromatic rings. The van der Waals surface area contributed by atoms with E-state index in [0.717, 1.165) is 30.5 Å². The maximum Gasteiger partial charge on any atom is 0.313 e. The SMILES string of the molecule is CCOC(=O)C1(C[C@H](N)Cc2ccc(-c3cc(Cl)ccc3F)cc2)CC1NCCCOC. The second-order valence-electron chi connectivity index (χ2n) is 8.42. The van der Waals surface area contributed by atoms with Crippen LogP contribution < -0.4 is 11.1 Å². The molecule has 5 nitrogen and oxygen atoms in total. The van der Waals surface area contributed by atoms with Crippen LogP contribution in [0.4, 0.5) is 4.39 Å². The number of benzene rings is 2. The molecule has 7 heteroatoms. The Bertz CT molecular complexity index is 909. The first kappa shape index (κ1) is 24.6. The fraction of sp³-hybridized carbons (Fsp3) is 0.480. The van der Waals surface area contributed by atoms with Crippen molar-refractivity contribution < 1.29 is 18.7 Å². The molecule has 0 aromatic heterocycles. The van der Waals surface area contributed by atoms with Gasteiger partial charge in [-0.15, -0.1) is 0 Å². The smallest absolute Gasteiger partial charge is 0.313 e. The fourth-order valence-electron chi connectivity index (χ4n) is 4.26. The molecule has 174 valence electrons. The zero-order valence-corrected chi connectivity index (χ0v) is 19.5. The van der Waals surface area contributed by atoms with Gasteiger partial charge in [0.2, 0.25) is 0 Å². The van der Waals surface area contributed by atoms with E-state index in [9.17, 15) is 9.18 Å². The lowest BCUT2D eigenvalue weighted by atomic mass is 9.92. The summed E-state index contributed by atoms with van der Waals surface area (Å²) in [6, 6.07) is 12.0. The van der Waals surface area contributed by atoms with E-state index in [2.05, 4.69) is 5.32 Å². The van der Waals surface area contributed by atoms with Gasteiger partial charge in [0.1, 0.15) is 5.82 Å². The summed E-state index contributed by atoms with van der Waals surface area (Å²) in [6.45, 7) is 3.64. The molecule has 1 saturated carbocycles. The molecule has 1 fully saturated rings. The third-order valence-corrected chi connectivity index (χ3v) is 6.23. The molecule has 3 N–H and O–H groups in total. The van der Waals surface area contributed by atoms with Gasteiger partial charge in [-0.3, -0.25) is 4.79 Å². The molecule has 2 unspecified atom stereocenters. The van der Waals surface area contributed by atoms with Crippen molar-refractivity contribution in [3.05, 3.63) is 58.9 Å². The molecule has 0 saturated heterocycles. The summed E-state index contributed by atoms with van der Waals surface area (Å²) in [5, 5.41) is 3.94. The predicted molar refractivity (Wildman–Crippen MR) is 125 cm³/mol. The lowest BCUT2D eigenvalue weighted by Gasteiger charge is -2.21.